The van der Waals surface area contributed by atoms with E-state index in [1.165, 1.54) is 19.3 Å². The second-order valence-electron chi connectivity index (χ2n) is 7.23. The molecule has 1 aliphatic rings. The van der Waals surface area contributed by atoms with Crippen LogP contribution in [0.2, 0.25) is 0 Å². The first-order chi connectivity index (χ1) is 10.8. The Bertz CT molecular complexity index is 519. The maximum absolute atomic E-state index is 12.6. The average Bonchev–Trinajstić information content (AvgIpc) is 2.47. The van der Waals surface area contributed by atoms with Crippen LogP contribution >= 0.6 is 0 Å². The zero-order valence-electron chi connectivity index (χ0n) is 14.8. The second kappa shape index (κ2) is 7.77. The fraction of sp³-hybridized carbons (Fsp3) is 0.667. The molecule has 0 bridgehead atoms. The summed E-state index contributed by atoms with van der Waals surface area (Å²) >= 11 is 0. The number of amides is 1. The van der Waals surface area contributed by atoms with Gasteiger partial charge in [-0.3, -0.25) is 4.90 Å². The molecular weight excluding hydrogens is 290 g/mol. The number of piperidine rings is 1. The number of pyridine rings is 1. The molecule has 0 saturated carbocycles. The highest BCUT2D eigenvalue weighted by molar-refractivity contribution is 5.86. The average molecular weight is 319 g/mol. The lowest BCUT2D eigenvalue weighted by Crippen LogP contribution is -2.43. The van der Waals surface area contributed by atoms with Crippen molar-refractivity contribution in [2.24, 2.45) is 0 Å². The molecular formula is C18H29N3O2. The molecule has 0 aromatic carbocycles. The van der Waals surface area contributed by atoms with Crippen molar-refractivity contribution in [3.8, 4) is 0 Å². The third kappa shape index (κ3) is 5.82. The SMILES string of the molecule is Cc1ccnc(N(CCN2CCCCC2)C(=O)OC(C)(C)C)c1. The Kier molecular flexibility index (Phi) is 5.99. The summed E-state index contributed by atoms with van der Waals surface area (Å²) in [6.07, 6.45) is 5.21. The van der Waals surface area contributed by atoms with E-state index in [9.17, 15) is 4.79 Å². The molecule has 23 heavy (non-hydrogen) atoms. The number of aromatic nitrogens is 1. The van der Waals surface area contributed by atoms with E-state index in [2.05, 4.69) is 9.88 Å². The van der Waals surface area contributed by atoms with Gasteiger partial charge in [0.2, 0.25) is 0 Å². The van der Waals surface area contributed by atoms with Crippen molar-refractivity contribution in [3.05, 3.63) is 23.9 Å². The Morgan fingerprint density at radius 3 is 2.61 bits per heavy atom. The molecule has 1 aromatic heterocycles. The van der Waals surface area contributed by atoms with Gasteiger partial charge in [-0.05, 0) is 71.3 Å². The lowest BCUT2D eigenvalue weighted by Gasteiger charge is -2.31. The van der Waals surface area contributed by atoms with Crippen LogP contribution in [0, 0.1) is 6.92 Å². The minimum absolute atomic E-state index is 0.326. The van der Waals surface area contributed by atoms with Gasteiger partial charge in [0.15, 0.2) is 0 Å². The normalized spacial score (nSPS) is 16.2. The largest absolute Gasteiger partial charge is 0.443 e. The van der Waals surface area contributed by atoms with Crippen LogP contribution in [0.5, 0.6) is 0 Å². The molecule has 2 heterocycles. The first-order valence-corrected chi connectivity index (χ1v) is 8.51. The number of hydrogen-bond acceptors (Lipinski definition) is 4. The number of hydrogen-bond donors (Lipinski definition) is 0. The highest BCUT2D eigenvalue weighted by Crippen LogP contribution is 2.18. The molecule has 128 valence electrons. The summed E-state index contributed by atoms with van der Waals surface area (Å²) < 4.78 is 5.56. The predicted octanol–water partition coefficient (Wildman–Crippen LogP) is 3.62. The molecule has 0 N–H and O–H groups in total. The number of carbonyl (C=O) groups is 1. The molecule has 1 amide bonds. The van der Waals surface area contributed by atoms with Crippen LogP contribution in [0.1, 0.15) is 45.6 Å². The quantitative estimate of drug-likeness (QED) is 0.850. The van der Waals surface area contributed by atoms with E-state index in [-0.39, 0.29) is 6.09 Å². The number of carbonyl (C=O) groups excluding carboxylic acids is 1. The number of likely N-dealkylation sites (tertiary alicyclic amines) is 1. The van der Waals surface area contributed by atoms with E-state index >= 15 is 0 Å². The van der Waals surface area contributed by atoms with Crippen LogP contribution in [0.4, 0.5) is 10.6 Å². The van der Waals surface area contributed by atoms with Gasteiger partial charge in [0.05, 0.1) is 0 Å². The van der Waals surface area contributed by atoms with Crippen LogP contribution < -0.4 is 4.90 Å². The number of rotatable bonds is 4. The van der Waals surface area contributed by atoms with Crippen molar-refractivity contribution in [2.75, 3.05) is 31.1 Å². The summed E-state index contributed by atoms with van der Waals surface area (Å²) in [5, 5.41) is 0. The van der Waals surface area contributed by atoms with Gasteiger partial charge >= 0.3 is 6.09 Å². The van der Waals surface area contributed by atoms with Gasteiger partial charge in [-0.1, -0.05) is 6.42 Å². The van der Waals surface area contributed by atoms with Crippen molar-refractivity contribution in [3.63, 3.8) is 0 Å². The van der Waals surface area contributed by atoms with E-state index in [0.29, 0.717) is 12.4 Å². The van der Waals surface area contributed by atoms with E-state index in [0.717, 1.165) is 25.2 Å². The smallest absolute Gasteiger partial charge is 0.416 e. The molecule has 2 rings (SSSR count). The summed E-state index contributed by atoms with van der Waals surface area (Å²) in [5.41, 5.74) is 0.575. The fourth-order valence-electron chi connectivity index (χ4n) is 2.71. The van der Waals surface area contributed by atoms with Crippen molar-refractivity contribution >= 4 is 11.9 Å². The lowest BCUT2D eigenvalue weighted by atomic mass is 10.1. The Morgan fingerprint density at radius 2 is 2.00 bits per heavy atom. The summed E-state index contributed by atoms with van der Waals surface area (Å²) in [7, 11) is 0. The third-order valence-corrected chi connectivity index (χ3v) is 3.88. The van der Waals surface area contributed by atoms with Gasteiger partial charge in [-0.15, -0.1) is 0 Å². The number of ether oxygens (including phenoxy) is 1. The molecule has 0 spiro atoms. The lowest BCUT2D eigenvalue weighted by molar-refractivity contribution is 0.0574. The van der Waals surface area contributed by atoms with Crippen molar-refractivity contribution in [2.45, 2.75) is 52.6 Å². The maximum atomic E-state index is 12.6. The summed E-state index contributed by atoms with van der Waals surface area (Å²) in [5.74, 6) is 0.663. The number of aryl methyl sites for hydroxylation is 1. The fourth-order valence-corrected chi connectivity index (χ4v) is 2.71. The van der Waals surface area contributed by atoms with E-state index in [4.69, 9.17) is 4.74 Å². The molecule has 0 unspecified atom stereocenters. The van der Waals surface area contributed by atoms with Gasteiger partial charge in [-0.2, -0.15) is 0 Å². The zero-order chi connectivity index (χ0) is 16.9. The zero-order valence-corrected chi connectivity index (χ0v) is 14.8. The van der Waals surface area contributed by atoms with Crippen molar-refractivity contribution in [1.82, 2.24) is 9.88 Å². The number of nitrogens with zero attached hydrogens (tertiary/aromatic N) is 3. The highest BCUT2D eigenvalue weighted by Gasteiger charge is 2.25. The van der Waals surface area contributed by atoms with E-state index in [1.807, 2.05) is 39.8 Å². The Balaban J connectivity index is 2.08. The first-order valence-electron chi connectivity index (χ1n) is 8.51. The van der Waals surface area contributed by atoms with Crippen LogP contribution in [0.25, 0.3) is 0 Å². The van der Waals surface area contributed by atoms with Gasteiger partial charge in [0.1, 0.15) is 11.4 Å². The standard InChI is InChI=1S/C18H29N3O2/c1-15-8-9-19-16(14-15)21(17(22)23-18(2,3)4)13-12-20-10-6-5-7-11-20/h8-9,14H,5-7,10-13H2,1-4H3. The number of anilines is 1. The van der Waals surface area contributed by atoms with Gasteiger partial charge in [0.25, 0.3) is 0 Å². The maximum Gasteiger partial charge on any atom is 0.416 e. The van der Waals surface area contributed by atoms with Crippen LogP contribution in [-0.4, -0.2) is 47.8 Å². The molecule has 5 nitrogen and oxygen atoms in total. The Labute approximate surface area is 139 Å². The summed E-state index contributed by atoms with van der Waals surface area (Å²) in [6.45, 7) is 11.3. The van der Waals surface area contributed by atoms with Crippen LogP contribution in [-0.2, 0) is 4.74 Å². The minimum atomic E-state index is -0.510. The minimum Gasteiger partial charge on any atom is -0.443 e. The summed E-state index contributed by atoms with van der Waals surface area (Å²) in [6, 6.07) is 3.86. The topological polar surface area (TPSA) is 45.7 Å². The third-order valence-electron chi connectivity index (χ3n) is 3.88. The van der Waals surface area contributed by atoms with E-state index in [1.54, 1.807) is 11.1 Å². The van der Waals surface area contributed by atoms with Crippen LogP contribution in [0.3, 0.4) is 0 Å². The van der Waals surface area contributed by atoms with Crippen LogP contribution in [0.15, 0.2) is 18.3 Å². The van der Waals surface area contributed by atoms with Gasteiger partial charge < -0.3 is 9.64 Å². The first kappa shape index (κ1) is 17.7. The van der Waals surface area contributed by atoms with Crippen molar-refractivity contribution in [1.29, 1.82) is 0 Å². The Hall–Kier alpha value is -1.62. The molecule has 1 saturated heterocycles. The molecule has 1 aliphatic heterocycles. The van der Waals surface area contributed by atoms with E-state index < -0.39 is 5.60 Å². The molecule has 0 aliphatic carbocycles. The monoisotopic (exact) mass is 319 g/mol. The second-order valence-corrected chi connectivity index (χ2v) is 7.23. The molecule has 0 atom stereocenters. The highest BCUT2D eigenvalue weighted by atomic mass is 16.6. The molecule has 1 fully saturated rings. The summed E-state index contributed by atoms with van der Waals surface area (Å²) in [4.78, 5) is 21.0. The molecule has 1 aromatic rings. The Morgan fingerprint density at radius 1 is 1.30 bits per heavy atom. The molecule has 5 heteroatoms. The van der Waals surface area contributed by atoms with Gasteiger partial charge in [0, 0.05) is 19.3 Å². The van der Waals surface area contributed by atoms with Gasteiger partial charge in [-0.25, -0.2) is 9.78 Å². The molecule has 0 radical (unpaired) electrons. The predicted molar refractivity (Wildman–Crippen MR) is 92.8 cm³/mol. The van der Waals surface area contributed by atoms with Crippen molar-refractivity contribution < 1.29 is 9.53 Å².